The lowest BCUT2D eigenvalue weighted by Crippen LogP contribution is -2.39. The maximum Gasteiger partial charge on any atom is 0.251 e. The number of rotatable bonds is 6. The number of aryl methyl sites for hydroxylation is 2. The highest BCUT2D eigenvalue weighted by molar-refractivity contribution is 5.96. The number of hydrogen-bond acceptors (Lipinski definition) is 3. The molecule has 1 atom stereocenters. The van der Waals surface area contributed by atoms with E-state index in [-0.39, 0.29) is 24.4 Å². The molecule has 0 aliphatic carbocycles. The lowest BCUT2D eigenvalue weighted by Gasteiger charge is -2.19. The highest BCUT2D eigenvalue weighted by Crippen LogP contribution is 2.19. The second-order valence-electron chi connectivity index (χ2n) is 6.72. The third-order valence-corrected chi connectivity index (χ3v) is 4.32. The summed E-state index contributed by atoms with van der Waals surface area (Å²) in [6.07, 6.45) is 1.69. The average Bonchev–Trinajstić information content (AvgIpc) is 2.71. The predicted octanol–water partition coefficient (Wildman–Crippen LogP) is 3.33. The molecule has 0 aliphatic heterocycles. The number of carbonyl (C=O) groups is 2. The zero-order valence-corrected chi connectivity index (χ0v) is 16.0. The van der Waals surface area contributed by atoms with E-state index in [0.717, 1.165) is 22.4 Å². The molecule has 28 heavy (non-hydrogen) atoms. The van der Waals surface area contributed by atoms with Gasteiger partial charge >= 0.3 is 0 Å². The Kier molecular flexibility index (Phi) is 6.17. The normalized spacial score (nSPS) is 11.5. The van der Waals surface area contributed by atoms with Crippen LogP contribution < -0.4 is 10.6 Å². The molecule has 142 valence electrons. The predicted molar refractivity (Wildman–Crippen MR) is 109 cm³/mol. The Bertz CT molecular complexity index is 896. The van der Waals surface area contributed by atoms with Crippen LogP contribution in [0, 0.1) is 13.8 Å². The van der Waals surface area contributed by atoms with E-state index in [1.165, 1.54) is 0 Å². The molecule has 0 aliphatic rings. The largest absolute Gasteiger partial charge is 0.343 e. The Balaban J connectivity index is 1.68. The summed E-state index contributed by atoms with van der Waals surface area (Å²) in [6.45, 7) is 3.77. The summed E-state index contributed by atoms with van der Waals surface area (Å²) in [4.78, 5) is 29.3. The van der Waals surface area contributed by atoms with E-state index in [1.54, 1.807) is 18.3 Å². The number of amides is 2. The minimum absolute atomic E-state index is 0.109. The van der Waals surface area contributed by atoms with Gasteiger partial charge < -0.3 is 10.6 Å². The zero-order valence-electron chi connectivity index (χ0n) is 16.0. The molecule has 1 heterocycles. The lowest BCUT2D eigenvalue weighted by atomic mass is 10.0. The Morgan fingerprint density at radius 3 is 2.25 bits per heavy atom. The fraction of sp³-hybridized carbons (Fsp3) is 0.174. The highest BCUT2D eigenvalue weighted by Gasteiger charge is 2.18. The number of benzene rings is 2. The summed E-state index contributed by atoms with van der Waals surface area (Å²) in [5.41, 5.74) is 4.23. The van der Waals surface area contributed by atoms with Crippen LogP contribution in [0.1, 0.15) is 38.8 Å². The van der Waals surface area contributed by atoms with E-state index in [1.807, 2.05) is 68.4 Å². The van der Waals surface area contributed by atoms with Crippen LogP contribution in [0.25, 0.3) is 0 Å². The van der Waals surface area contributed by atoms with Crippen LogP contribution in [0.15, 0.2) is 72.9 Å². The van der Waals surface area contributed by atoms with Crippen molar-refractivity contribution in [2.24, 2.45) is 0 Å². The van der Waals surface area contributed by atoms with E-state index in [0.29, 0.717) is 5.56 Å². The molecule has 5 heteroatoms. The topological polar surface area (TPSA) is 71.1 Å². The molecule has 2 aromatic carbocycles. The first-order valence-electron chi connectivity index (χ1n) is 9.14. The monoisotopic (exact) mass is 373 g/mol. The zero-order chi connectivity index (χ0) is 19.9. The van der Waals surface area contributed by atoms with Crippen LogP contribution in [0.4, 0.5) is 0 Å². The second-order valence-corrected chi connectivity index (χ2v) is 6.72. The van der Waals surface area contributed by atoms with Crippen LogP contribution in [0.2, 0.25) is 0 Å². The van der Waals surface area contributed by atoms with Crippen molar-refractivity contribution in [3.63, 3.8) is 0 Å². The number of hydrogen-bond donors (Lipinski definition) is 2. The maximum atomic E-state index is 12.5. The van der Waals surface area contributed by atoms with Gasteiger partial charge in [0.1, 0.15) is 0 Å². The van der Waals surface area contributed by atoms with Crippen LogP contribution in [0.3, 0.4) is 0 Å². The molecule has 0 saturated heterocycles. The number of pyridine rings is 1. The molecular weight excluding hydrogens is 350 g/mol. The molecule has 3 aromatic rings. The lowest BCUT2D eigenvalue weighted by molar-refractivity contribution is -0.120. The molecule has 0 bridgehead atoms. The summed E-state index contributed by atoms with van der Waals surface area (Å²) >= 11 is 0. The molecule has 0 spiro atoms. The molecule has 2 amide bonds. The number of carbonyl (C=O) groups excluding carboxylic acids is 2. The van der Waals surface area contributed by atoms with Gasteiger partial charge in [0.05, 0.1) is 18.3 Å². The van der Waals surface area contributed by atoms with Gasteiger partial charge in [-0.2, -0.15) is 0 Å². The van der Waals surface area contributed by atoms with Crippen LogP contribution in [0.5, 0.6) is 0 Å². The summed E-state index contributed by atoms with van der Waals surface area (Å²) < 4.78 is 0. The molecule has 0 fully saturated rings. The van der Waals surface area contributed by atoms with Crippen molar-refractivity contribution in [3.8, 4) is 0 Å². The van der Waals surface area contributed by atoms with Crippen molar-refractivity contribution >= 4 is 11.8 Å². The van der Waals surface area contributed by atoms with Gasteiger partial charge in [-0.3, -0.25) is 14.6 Å². The van der Waals surface area contributed by atoms with Crippen molar-refractivity contribution < 1.29 is 9.59 Å². The maximum absolute atomic E-state index is 12.5. The first-order valence-corrected chi connectivity index (χ1v) is 9.14. The van der Waals surface area contributed by atoms with Crippen LogP contribution in [-0.2, 0) is 4.79 Å². The van der Waals surface area contributed by atoms with Crippen molar-refractivity contribution in [2.75, 3.05) is 6.54 Å². The van der Waals surface area contributed by atoms with Crippen molar-refractivity contribution in [2.45, 2.75) is 19.9 Å². The summed E-state index contributed by atoms with van der Waals surface area (Å²) in [5, 5.41) is 5.65. The third kappa shape index (κ3) is 5.04. The van der Waals surface area contributed by atoms with Gasteiger partial charge in [-0.15, -0.1) is 0 Å². The minimum atomic E-state index is -0.381. The molecule has 1 unspecified atom stereocenters. The fourth-order valence-corrected chi connectivity index (χ4v) is 3.10. The first kappa shape index (κ1) is 19.3. The quantitative estimate of drug-likeness (QED) is 0.696. The molecule has 0 saturated carbocycles. The van der Waals surface area contributed by atoms with E-state index in [4.69, 9.17) is 0 Å². The second kappa shape index (κ2) is 8.95. The Morgan fingerprint density at radius 1 is 0.929 bits per heavy atom. The van der Waals surface area contributed by atoms with Crippen molar-refractivity contribution in [3.05, 3.63) is 101 Å². The Morgan fingerprint density at radius 2 is 1.61 bits per heavy atom. The smallest absolute Gasteiger partial charge is 0.251 e. The van der Waals surface area contributed by atoms with Gasteiger partial charge in [-0.05, 0) is 43.7 Å². The Hall–Kier alpha value is -3.47. The molecular formula is C23H23N3O2. The molecule has 1 aromatic heterocycles. The Labute approximate surface area is 164 Å². The number of nitrogens with one attached hydrogen (secondary N) is 2. The first-order chi connectivity index (χ1) is 13.5. The average molecular weight is 373 g/mol. The van der Waals surface area contributed by atoms with Gasteiger partial charge in [0.2, 0.25) is 5.91 Å². The summed E-state index contributed by atoms with van der Waals surface area (Å²) in [5.74, 6) is -0.548. The molecule has 2 N–H and O–H groups in total. The van der Waals surface area contributed by atoms with Crippen molar-refractivity contribution in [1.82, 2.24) is 15.6 Å². The molecule has 5 nitrogen and oxygen atoms in total. The van der Waals surface area contributed by atoms with Crippen molar-refractivity contribution in [1.29, 1.82) is 0 Å². The standard InChI is InChI=1S/C23H23N3O2/c1-16-12-17(2)14-19(13-16)23(28)25-15-21(27)26-22(18-8-4-3-5-9-18)20-10-6-7-11-24-20/h3-14,22H,15H2,1-2H3,(H,25,28)(H,26,27). The van der Waals surface area contributed by atoms with E-state index >= 15 is 0 Å². The number of nitrogens with zero attached hydrogens (tertiary/aromatic N) is 1. The van der Waals surface area contributed by atoms with E-state index in [2.05, 4.69) is 15.6 Å². The van der Waals surface area contributed by atoms with Gasteiger partial charge in [-0.25, -0.2) is 0 Å². The minimum Gasteiger partial charge on any atom is -0.343 e. The number of aromatic nitrogens is 1. The van der Waals surface area contributed by atoms with E-state index < -0.39 is 0 Å². The summed E-state index contributed by atoms with van der Waals surface area (Å²) in [7, 11) is 0. The SMILES string of the molecule is Cc1cc(C)cc(C(=O)NCC(=O)NC(c2ccccc2)c2ccccn2)c1. The third-order valence-electron chi connectivity index (χ3n) is 4.32. The molecule has 3 rings (SSSR count). The summed E-state index contributed by atoms with van der Waals surface area (Å²) in [6, 6.07) is 20.4. The van der Waals surface area contributed by atoms with Gasteiger partial charge in [0.25, 0.3) is 5.91 Å². The highest BCUT2D eigenvalue weighted by atomic mass is 16.2. The van der Waals surface area contributed by atoms with Crippen LogP contribution >= 0.6 is 0 Å². The fourth-order valence-electron chi connectivity index (χ4n) is 3.10. The molecule has 0 radical (unpaired) electrons. The van der Waals surface area contributed by atoms with Crippen LogP contribution in [-0.4, -0.2) is 23.3 Å². The van der Waals surface area contributed by atoms with Gasteiger partial charge in [0.15, 0.2) is 0 Å². The van der Waals surface area contributed by atoms with Gasteiger partial charge in [0, 0.05) is 11.8 Å². The van der Waals surface area contributed by atoms with Gasteiger partial charge in [-0.1, -0.05) is 53.6 Å². The van der Waals surface area contributed by atoms with E-state index in [9.17, 15) is 9.59 Å².